The van der Waals surface area contributed by atoms with E-state index in [-0.39, 0.29) is 42.2 Å². The molecule has 1 saturated heterocycles. The van der Waals surface area contributed by atoms with Crippen molar-refractivity contribution in [3.63, 3.8) is 0 Å². The van der Waals surface area contributed by atoms with Crippen molar-refractivity contribution in [1.29, 1.82) is 0 Å². The first-order valence-corrected chi connectivity index (χ1v) is 12.9. The zero-order valence-corrected chi connectivity index (χ0v) is 21.1. The zero-order chi connectivity index (χ0) is 25.5. The Labute approximate surface area is 218 Å². The van der Waals surface area contributed by atoms with Gasteiger partial charge >= 0.3 is 5.97 Å². The van der Waals surface area contributed by atoms with Gasteiger partial charge in [-0.2, -0.15) is 0 Å². The Kier molecular flexibility index (Phi) is 8.64. The average Bonchev–Trinajstić information content (AvgIpc) is 3.63. The molecule has 0 amide bonds. The van der Waals surface area contributed by atoms with Crippen LogP contribution in [0.2, 0.25) is 0 Å². The van der Waals surface area contributed by atoms with Crippen LogP contribution in [-0.2, 0) is 48.3 Å². The van der Waals surface area contributed by atoms with Gasteiger partial charge in [-0.25, -0.2) is 0 Å². The highest BCUT2D eigenvalue weighted by atomic mass is 16.6. The predicted octanol–water partition coefficient (Wildman–Crippen LogP) is 4.95. The van der Waals surface area contributed by atoms with Crippen molar-refractivity contribution in [2.24, 2.45) is 11.8 Å². The third-order valence-electron chi connectivity index (χ3n) is 7.00. The van der Waals surface area contributed by atoms with Gasteiger partial charge in [0.25, 0.3) is 0 Å². The number of fused-ring (bicyclic) bond motifs is 1. The second-order valence-electron chi connectivity index (χ2n) is 9.71. The predicted molar refractivity (Wildman–Crippen MR) is 138 cm³/mol. The van der Waals surface area contributed by atoms with Crippen molar-refractivity contribution in [2.75, 3.05) is 13.2 Å². The van der Waals surface area contributed by atoms with Crippen LogP contribution in [0.15, 0.2) is 91.0 Å². The third kappa shape index (κ3) is 6.84. The summed E-state index contributed by atoms with van der Waals surface area (Å²) in [6.45, 7) is 3.54. The van der Waals surface area contributed by atoms with E-state index in [1.807, 2.05) is 78.9 Å². The molecule has 0 spiro atoms. The first-order valence-electron chi connectivity index (χ1n) is 12.9. The summed E-state index contributed by atoms with van der Waals surface area (Å²) in [4.78, 5) is 11.5. The Morgan fingerprint density at radius 3 is 1.76 bits per heavy atom. The molecule has 37 heavy (non-hydrogen) atoms. The lowest BCUT2D eigenvalue weighted by molar-refractivity contribution is -0.201. The molecule has 1 saturated carbocycles. The Morgan fingerprint density at radius 2 is 1.22 bits per heavy atom. The normalized spacial score (nSPS) is 26.3. The Hall–Kier alpha value is -3.03. The molecule has 194 valence electrons. The summed E-state index contributed by atoms with van der Waals surface area (Å²) in [5, 5.41) is 0. The lowest BCUT2D eigenvalue weighted by Gasteiger charge is -2.37. The minimum absolute atomic E-state index is 0.0537. The fourth-order valence-electron chi connectivity index (χ4n) is 5.06. The van der Waals surface area contributed by atoms with Gasteiger partial charge < -0.3 is 23.7 Å². The first kappa shape index (κ1) is 25.6. The quantitative estimate of drug-likeness (QED) is 0.327. The van der Waals surface area contributed by atoms with Crippen LogP contribution in [0, 0.1) is 11.8 Å². The number of carbonyl (C=O) groups is 1. The Balaban J connectivity index is 1.32. The van der Waals surface area contributed by atoms with E-state index >= 15 is 0 Å². The molecule has 0 N–H and O–H groups in total. The van der Waals surface area contributed by atoms with Gasteiger partial charge in [0.2, 0.25) is 0 Å². The molecular weight excluding hydrogens is 468 g/mol. The maximum Gasteiger partial charge on any atom is 0.302 e. The molecule has 0 radical (unpaired) electrons. The lowest BCUT2D eigenvalue weighted by atomic mass is 10.00. The van der Waals surface area contributed by atoms with E-state index in [9.17, 15) is 4.79 Å². The molecule has 0 bridgehead atoms. The smallest absolute Gasteiger partial charge is 0.302 e. The number of ether oxygens (including phenoxy) is 5. The summed E-state index contributed by atoms with van der Waals surface area (Å²) in [6, 6.07) is 30.3. The van der Waals surface area contributed by atoms with Gasteiger partial charge in [-0.15, -0.1) is 0 Å². The maximum atomic E-state index is 11.5. The van der Waals surface area contributed by atoms with Crippen LogP contribution in [-0.4, -0.2) is 43.6 Å². The summed E-state index contributed by atoms with van der Waals surface area (Å²) >= 11 is 0. The van der Waals surface area contributed by atoms with Crippen molar-refractivity contribution in [3.8, 4) is 0 Å². The first-order chi connectivity index (χ1) is 18.2. The largest absolute Gasteiger partial charge is 0.465 e. The number of benzene rings is 3. The molecule has 5 rings (SSSR count). The maximum absolute atomic E-state index is 11.5. The molecule has 3 aromatic carbocycles. The number of hydrogen-bond acceptors (Lipinski definition) is 6. The van der Waals surface area contributed by atoms with Gasteiger partial charge in [0.15, 0.2) is 0 Å². The van der Waals surface area contributed by atoms with Gasteiger partial charge in [-0.05, 0) is 16.7 Å². The summed E-state index contributed by atoms with van der Waals surface area (Å²) in [6.07, 6.45) is -0.907. The number of carbonyl (C=O) groups excluding carboxylic acids is 1. The SMILES string of the molecule is CC(=O)OC[C@@H]1[C@H]2O[C@H](COCc3ccccc3)[C@@H](OCc3ccccc3)[C@H](OCc3ccccc3)[C@@H]12. The lowest BCUT2D eigenvalue weighted by Crippen LogP contribution is -2.50. The van der Waals surface area contributed by atoms with E-state index in [1.54, 1.807) is 0 Å². The van der Waals surface area contributed by atoms with Crippen molar-refractivity contribution < 1.29 is 28.5 Å². The van der Waals surface area contributed by atoms with E-state index in [0.717, 1.165) is 16.7 Å². The third-order valence-corrected chi connectivity index (χ3v) is 7.00. The van der Waals surface area contributed by atoms with E-state index in [0.29, 0.717) is 33.0 Å². The summed E-state index contributed by atoms with van der Waals surface area (Å²) in [5.41, 5.74) is 3.29. The molecule has 6 heteroatoms. The van der Waals surface area contributed by atoms with E-state index in [2.05, 4.69) is 12.1 Å². The average molecular weight is 503 g/mol. The van der Waals surface area contributed by atoms with Crippen LogP contribution in [0.4, 0.5) is 0 Å². The van der Waals surface area contributed by atoms with Crippen LogP contribution < -0.4 is 0 Å². The van der Waals surface area contributed by atoms with Gasteiger partial charge in [0, 0.05) is 18.8 Å². The standard InChI is InChI=1S/C31H34O6/c1-22(32)34-20-26-28-29(26)37-27(21-33-17-23-11-5-2-6-12-23)30(35-18-24-13-7-3-8-14-24)31(28)36-19-25-15-9-4-10-16-25/h2-16,26-31H,17-21H2,1H3/t26-,27+,28-,29+,30+,31+/m0/s1. The van der Waals surface area contributed by atoms with Crippen molar-refractivity contribution in [3.05, 3.63) is 108 Å². The molecule has 0 unspecified atom stereocenters. The zero-order valence-electron chi connectivity index (χ0n) is 21.1. The summed E-state index contributed by atoms with van der Waals surface area (Å²) in [7, 11) is 0. The second kappa shape index (κ2) is 12.5. The summed E-state index contributed by atoms with van der Waals surface area (Å²) < 4.78 is 31.0. The van der Waals surface area contributed by atoms with Crippen LogP contribution in [0.25, 0.3) is 0 Å². The van der Waals surface area contributed by atoms with Crippen molar-refractivity contribution >= 4 is 5.97 Å². The number of rotatable bonds is 12. The minimum Gasteiger partial charge on any atom is -0.465 e. The summed E-state index contributed by atoms with van der Waals surface area (Å²) in [5.74, 6) is -0.120. The molecule has 1 aliphatic carbocycles. The highest BCUT2D eigenvalue weighted by Gasteiger charge is 2.64. The monoisotopic (exact) mass is 502 g/mol. The van der Waals surface area contributed by atoms with Crippen molar-refractivity contribution in [1.82, 2.24) is 0 Å². The molecule has 1 aliphatic heterocycles. The van der Waals surface area contributed by atoms with E-state index in [4.69, 9.17) is 23.7 Å². The van der Waals surface area contributed by atoms with Crippen LogP contribution in [0.3, 0.4) is 0 Å². The molecule has 6 nitrogen and oxygen atoms in total. The fraction of sp³-hybridized carbons (Fsp3) is 0.387. The molecule has 2 fully saturated rings. The second-order valence-corrected chi connectivity index (χ2v) is 9.71. The van der Waals surface area contributed by atoms with E-state index in [1.165, 1.54) is 6.92 Å². The molecule has 1 heterocycles. The number of hydrogen-bond donors (Lipinski definition) is 0. The highest BCUT2D eigenvalue weighted by molar-refractivity contribution is 5.65. The van der Waals surface area contributed by atoms with Gasteiger partial charge in [0.05, 0.1) is 45.2 Å². The molecule has 6 atom stereocenters. The number of esters is 1. The molecular formula is C31H34O6. The van der Waals surface area contributed by atoms with Crippen LogP contribution >= 0.6 is 0 Å². The molecule has 3 aromatic rings. The van der Waals surface area contributed by atoms with Crippen molar-refractivity contribution in [2.45, 2.75) is 51.2 Å². The van der Waals surface area contributed by atoms with Gasteiger partial charge in [-0.3, -0.25) is 4.79 Å². The molecule has 2 aliphatic rings. The molecule has 0 aromatic heterocycles. The highest BCUT2D eigenvalue weighted by Crippen LogP contribution is 2.52. The Morgan fingerprint density at radius 1 is 0.703 bits per heavy atom. The fourth-order valence-corrected chi connectivity index (χ4v) is 5.06. The Bertz CT molecular complexity index is 1110. The van der Waals surface area contributed by atoms with Gasteiger partial charge in [-0.1, -0.05) is 91.0 Å². The topological polar surface area (TPSA) is 63.2 Å². The van der Waals surface area contributed by atoms with Crippen LogP contribution in [0.1, 0.15) is 23.6 Å². The van der Waals surface area contributed by atoms with Gasteiger partial charge in [0.1, 0.15) is 12.2 Å². The van der Waals surface area contributed by atoms with Crippen LogP contribution in [0.5, 0.6) is 0 Å². The minimum atomic E-state index is -0.330. The van der Waals surface area contributed by atoms with E-state index < -0.39 is 0 Å².